The van der Waals surface area contributed by atoms with Crippen molar-refractivity contribution >= 4 is 27.6 Å². The molecule has 0 bridgehead atoms. The Hall–Kier alpha value is -3.13. The van der Waals surface area contributed by atoms with Gasteiger partial charge in [0, 0.05) is 11.3 Å². The van der Waals surface area contributed by atoms with Crippen LogP contribution in [0.4, 0.5) is 5.69 Å². The van der Waals surface area contributed by atoms with Gasteiger partial charge in [-0.15, -0.1) is 0 Å². The van der Waals surface area contributed by atoms with Crippen LogP contribution in [0.15, 0.2) is 71.6 Å². The van der Waals surface area contributed by atoms with Crippen molar-refractivity contribution in [3.05, 3.63) is 72.3 Å². The maximum Gasteiger partial charge on any atom is 0.338 e. The molecule has 0 aliphatic heterocycles. The summed E-state index contributed by atoms with van der Waals surface area (Å²) in [6.07, 6.45) is 0. The lowest BCUT2D eigenvalue weighted by molar-refractivity contribution is -0.140. The van der Waals surface area contributed by atoms with E-state index >= 15 is 0 Å². The summed E-state index contributed by atoms with van der Waals surface area (Å²) in [5.74, 6) is -1.17. The van der Waals surface area contributed by atoms with Crippen LogP contribution >= 0.6 is 0 Å². The minimum atomic E-state index is -3.70. The van der Waals surface area contributed by atoms with E-state index < -0.39 is 22.0 Å². The van der Waals surface area contributed by atoms with Crippen LogP contribution < -0.4 is 4.72 Å². The van der Waals surface area contributed by atoms with Gasteiger partial charge >= 0.3 is 11.9 Å². The van der Waals surface area contributed by atoms with Gasteiger partial charge in [-0.3, -0.25) is 4.72 Å². The van der Waals surface area contributed by atoms with Crippen LogP contribution in [0.1, 0.15) is 17.3 Å². The van der Waals surface area contributed by atoms with Gasteiger partial charge in [0.1, 0.15) is 13.2 Å². The largest absolute Gasteiger partial charge is 0.459 e. The normalized spacial score (nSPS) is 10.7. The van der Waals surface area contributed by atoms with Crippen molar-refractivity contribution < 1.29 is 27.5 Å². The van der Waals surface area contributed by atoms with E-state index in [-0.39, 0.29) is 29.2 Å². The number of carbonyl (C=O) groups is 2. The molecule has 8 heteroatoms. The smallest absolute Gasteiger partial charge is 0.338 e. The first-order valence-corrected chi connectivity index (χ1v) is 9.45. The summed E-state index contributed by atoms with van der Waals surface area (Å²) in [6.45, 7) is 4.78. The number of hydrogen-bond acceptors (Lipinski definition) is 6. The first-order valence-electron chi connectivity index (χ1n) is 7.97. The summed E-state index contributed by atoms with van der Waals surface area (Å²) in [7, 11) is -3.70. The highest BCUT2D eigenvalue weighted by Gasteiger charge is 2.14. The van der Waals surface area contributed by atoms with E-state index in [2.05, 4.69) is 11.3 Å². The maximum atomic E-state index is 12.2. The number of sulfonamides is 1. The lowest BCUT2D eigenvalue weighted by Gasteiger charge is -2.09. The number of carbonyl (C=O) groups excluding carboxylic acids is 2. The predicted molar refractivity (Wildman–Crippen MR) is 99.7 cm³/mol. The Kier molecular flexibility index (Phi) is 6.73. The van der Waals surface area contributed by atoms with E-state index in [9.17, 15) is 18.0 Å². The Morgan fingerprint density at radius 3 is 2.15 bits per heavy atom. The molecular weight excluding hydrogens is 370 g/mol. The van der Waals surface area contributed by atoms with Gasteiger partial charge in [-0.1, -0.05) is 24.8 Å². The van der Waals surface area contributed by atoms with Crippen molar-refractivity contribution in [3.63, 3.8) is 0 Å². The first kappa shape index (κ1) is 20.2. The zero-order chi connectivity index (χ0) is 19.9. The molecule has 0 saturated carbocycles. The molecule has 2 aromatic carbocycles. The molecule has 0 atom stereocenters. The highest BCUT2D eigenvalue weighted by molar-refractivity contribution is 7.92. The van der Waals surface area contributed by atoms with Crippen LogP contribution in [0.2, 0.25) is 0 Å². The molecular formula is C19H19NO6S. The molecule has 0 aliphatic rings. The van der Waals surface area contributed by atoms with E-state index in [0.717, 1.165) is 0 Å². The number of anilines is 1. The second kappa shape index (κ2) is 9.00. The first-order chi connectivity index (χ1) is 12.8. The minimum absolute atomic E-state index is 0.0770. The van der Waals surface area contributed by atoms with Crippen molar-refractivity contribution in [1.29, 1.82) is 0 Å². The van der Waals surface area contributed by atoms with Crippen LogP contribution in [0.3, 0.4) is 0 Å². The van der Waals surface area contributed by atoms with Crippen LogP contribution in [0.5, 0.6) is 0 Å². The van der Waals surface area contributed by atoms with Crippen molar-refractivity contribution in [2.75, 3.05) is 17.9 Å². The van der Waals surface area contributed by atoms with E-state index in [1.165, 1.54) is 43.3 Å². The minimum Gasteiger partial charge on any atom is -0.459 e. The monoisotopic (exact) mass is 389 g/mol. The van der Waals surface area contributed by atoms with E-state index in [1.54, 1.807) is 18.2 Å². The molecule has 0 aliphatic carbocycles. The molecule has 0 amide bonds. The third kappa shape index (κ3) is 5.96. The van der Waals surface area contributed by atoms with Gasteiger partial charge in [0.15, 0.2) is 0 Å². The van der Waals surface area contributed by atoms with Crippen molar-refractivity contribution in [1.82, 2.24) is 0 Å². The van der Waals surface area contributed by atoms with Gasteiger partial charge in [-0.2, -0.15) is 0 Å². The van der Waals surface area contributed by atoms with E-state index in [4.69, 9.17) is 9.47 Å². The third-order valence-electron chi connectivity index (χ3n) is 3.32. The number of esters is 2. The van der Waals surface area contributed by atoms with E-state index in [0.29, 0.717) is 5.69 Å². The molecule has 27 heavy (non-hydrogen) atoms. The SMILES string of the molecule is C=C(C)C(=O)OCCOC(=O)c1ccc(NS(=O)(=O)c2ccccc2)cc1. The fourth-order valence-electron chi connectivity index (χ4n) is 1.96. The summed E-state index contributed by atoms with van der Waals surface area (Å²) in [6, 6.07) is 13.7. The van der Waals surface area contributed by atoms with Gasteiger partial charge < -0.3 is 9.47 Å². The number of hydrogen-bond donors (Lipinski definition) is 1. The summed E-state index contributed by atoms with van der Waals surface area (Å²) in [5, 5.41) is 0. The van der Waals surface area contributed by atoms with Crippen molar-refractivity contribution in [3.8, 4) is 0 Å². The summed E-state index contributed by atoms with van der Waals surface area (Å²) in [5.41, 5.74) is 0.810. The molecule has 0 radical (unpaired) electrons. The molecule has 2 rings (SSSR count). The summed E-state index contributed by atoms with van der Waals surface area (Å²) >= 11 is 0. The van der Waals surface area contributed by atoms with Crippen molar-refractivity contribution in [2.45, 2.75) is 11.8 Å². The van der Waals surface area contributed by atoms with Crippen LogP contribution in [-0.2, 0) is 24.3 Å². The average Bonchev–Trinajstić information content (AvgIpc) is 2.65. The fraction of sp³-hybridized carbons (Fsp3) is 0.158. The van der Waals surface area contributed by atoms with Crippen LogP contribution in [0, 0.1) is 0 Å². The van der Waals surface area contributed by atoms with Crippen LogP contribution in [-0.4, -0.2) is 33.6 Å². The molecule has 0 aromatic heterocycles. The highest BCUT2D eigenvalue weighted by Crippen LogP contribution is 2.16. The van der Waals surface area contributed by atoms with Gasteiger partial charge in [0.25, 0.3) is 10.0 Å². The zero-order valence-corrected chi connectivity index (χ0v) is 15.5. The van der Waals surface area contributed by atoms with Gasteiger partial charge in [-0.05, 0) is 43.3 Å². The maximum absolute atomic E-state index is 12.2. The third-order valence-corrected chi connectivity index (χ3v) is 4.72. The molecule has 0 spiro atoms. The number of rotatable bonds is 8. The Morgan fingerprint density at radius 1 is 0.963 bits per heavy atom. The second-order valence-electron chi connectivity index (χ2n) is 5.55. The number of benzene rings is 2. The second-order valence-corrected chi connectivity index (χ2v) is 7.23. The van der Waals surface area contributed by atoms with Crippen LogP contribution in [0.25, 0.3) is 0 Å². The molecule has 0 heterocycles. The van der Waals surface area contributed by atoms with Crippen molar-refractivity contribution in [2.24, 2.45) is 0 Å². The lowest BCUT2D eigenvalue weighted by atomic mass is 10.2. The molecule has 1 N–H and O–H groups in total. The zero-order valence-electron chi connectivity index (χ0n) is 14.7. The summed E-state index contributed by atoms with van der Waals surface area (Å²) < 4.78 is 36.7. The standard InChI is InChI=1S/C19H19NO6S/c1-14(2)18(21)25-12-13-26-19(22)15-8-10-16(11-9-15)20-27(23,24)17-6-4-3-5-7-17/h3-11,20H,1,12-13H2,2H3. The summed E-state index contributed by atoms with van der Waals surface area (Å²) in [4.78, 5) is 23.3. The molecule has 142 valence electrons. The Balaban J connectivity index is 1.90. The average molecular weight is 389 g/mol. The Labute approximate surface area is 157 Å². The quantitative estimate of drug-likeness (QED) is 0.423. The Bertz CT molecular complexity index is 920. The number of ether oxygens (including phenoxy) is 2. The number of nitrogens with one attached hydrogen (secondary N) is 1. The lowest BCUT2D eigenvalue weighted by Crippen LogP contribution is -2.15. The van der Waals surface area contributed by atoms with Gasteiger partial charge in [-0.25, -0.2) is 18.0 Å². The molecule has 0 saturated heterocycles. The van der Waals surface area contributed by atoms with E-state index in [1.807, 2.05) is 0 Å². The molecule has 0 fully saturated rings. The predicted octanol–water partition coefficient (Wildman–Crippen LogP) is 2.76. The Morgan fingerprint density at radius 2 is 1.56 bits per heavy atom. The highest BCUT2D eigenvalue weighted by atomic mass is 32.2. The molecule has 2 aromatic rings. The van der Waals surface area contributed by atoms with Gasteiger partial charge in [0.05, 0.1) is 10.5 Å². The molecule has 0 unspecified atom stereocenters. The molecule has 7 nitrogen and oxygen atoms in total. The van der Waals surface area contributed by atoms with Gasteiger partial charge in [0.2, 0.25) is 0 Å². The topological polar surface area (TPSA) is 98.8 Å². The fourth-order valence-corrected chi connectivity index (χ4v) is 3.04.